The molecule has 0 saturated heterocycles. The monoisotopic (exact) mass is 272 g/mol. The molecule has 0 bridgehead atoms. The molecule has 108 valence electrons. The molecule has 1 aromatic carbocycles. The number of hydrogen-bond donors (Lipinski definition) is 2. The van der Waals surface area contributed by atoms with Gasteiger partial charge in [-0.05, 0) is 54.9 Å². The van der Waals surface area contributed by atoms with Gasteiger partial charge in [-0.2, -0.15) is 0 Å². The highest BCUT2D eigenvalue weighted by atomic mass is 16.1. The molecule has 1 aliphatic heterocycles. The fraction of sp³-hybridized carbons (Fsp3) is 0.588. The van der Waals surface area contributed by atoms with Crippen molar-refractivity contribution in [2.45, 2.75) is 52.0 Å². The van der Waals surface area contributed by atoms with E-state index in [2.05, 4.69) is 30.5 Å². The molecule has 1 aliphatic carbocycles. The summed E-state index contributed by atoms with van der Waals surface area (Å²) in [6, 6.07) is 6.35. The van der Waals surface area contributed by atoms with Gasteiger partial charge in [-0.15, -0.1) is 0 Å². The average Bonchev–Trinajstić information content (AvgIpc) is 2.77. The zero-order chi connectivity index (χ0) is 14.2. The average molecular weight is 272 g/mol. The lowest BCUT2D eigenvalue weighted by molar-refractivity contribution is 0.0910. The Kier molecular flexibility index (Phi) is 3.45. The van der Waals surface area contributed by atoms with Crippen molar-refractivity contribution in [3.63, 3.8) is 0 Å². The van der Waals surface area contributed by atoms with Crippen molar-refractivity contribution >= 4 is 11.6 Å². The first kappa shape index (κ1) is 13.5. The number of anilines is 1. The van der Waals surface area contributed by atoms with E-state index in [1.165, 1.54) is 24.1 Å². The van der Waals surface area contributed by atoms with Crippen molar-refractivity contribution in [3.8, 4) is 0 Å². The van der Waals surface area contributed by atoms with Crippen LogP contribution < -0.4 is 10.6 Å². The number of aryl methyl sites for hydroxylation is 1. The zero-order valence-electron chi connectivity index (χ0n) is 12.5. The molecule has 1 fully saturated rings. The van der Waals surface area contributed by atoms with Gasteiger partial charge in [0.15, 0.2) is 0 Å². The second-order valence-electron chi connectivity index (χ2n) is 6.81. The fourth-order valence-corrected chi connectivity index (χ4v) is 3.45. The van der Waals surface area contributed by atoms with E-state index in [0.717, 1.165) is 31.4 Å². The van der Waals surface area contributed by atoms with Crippen molar-refractivity contribution in [3.05, 3.63) is 29.3 Å². The molecule has 3 rings (SSSR count). The third kappa shape index (κ3) is 2.54. The minimum Gasteiger partial charge on any atom is -0.385 e. The fourth-order valence-electron chi connectivity index (χ4n) is 3.45. The molecule has 0 spiro atoms. The third-order valence-corrected chi connectivity index (χ3v) is 4.87. The quantitative estimate of drug-likeness (QED) is 0.867. The van der Waals surface area contributed by atoms with E-state index in [0.29, 0.717) is 6.04 Å². The van der Waals surface area contributed by atoms with Crippen molar-refractivity contribution in [1.82, 2.24) is 5.32 Å². The summed E-state index contributed by atoms with van der Waals surface area (Å²) in [7, 11) is 0. The van der Waals surface area contributed by atoms with Crippen LogP contribution in [0.1, 0.15) is 55.5 Å². The number of hydrogen-bond acceptors (Lipinski definition) is 2. The Bertz CT molecular complexity index is 522. The number of carbonyl (C=O) groups excluding carboxylic acids is 1. The van der Waals surface area contributed by atoms with Crippen molar-refractivity contribution < 1.29 is 4.79 Å². The first-order valence-electron chi connectivity index (χ1n) is 7.74. The smallest absolute Gasteiger partial charge is 0.251 e. The molecule has 0 aromatic heterocycles. The molecule has 1 saturated carbocycles. The molecule has 1 unspecified atom stereocenters. The van der Waals surface area contributed by atoms with Crippen molar-refractivity contribution in [2.24, 2.45) is 5.41 Å². The van der Waals surface area contributed by atoms with Gasteiger partial charge in [0.05, 0.1) is 0 Å². The van der Waals surface area contributed by atoms with Gasteiger partial charge in [-0.25, -0.2) is 0 Å². The molecule has 1 heterocycles. The summed E-state index contributed by atoms with van der Waals surface area (Å²) in [6.45, 7) is 5.54. The maximum atomic E-state index is 12.4. The van der Waals surface area contributed by atoms with Gasteiger partial charge >= 0.3 is 0 Å². The lowest BCUT2D eigenvalue weighted by Crippen LogP contribution is -2.41. The summed E-state index contributed by atoms with van der Waals surface area (Å²) in [6.07, 6.45) is 5.73. The first-order valence-corrected chi connectivity index (χ1v) is 7.74. The highest BCUT2D eigenvalue weighted by Crippen LogP contribution is 2.37. The molecule has 20 heavy (non-hydrogen) atoms. The summed E-state index contributed by atoms with van der Waals surface area (Å²) in [5.41, 5.74) is 3.49. The summed E-state index contributed by atoms with van der Waals surface area (Å²) in [4.78, 5) is 12.4. The topological polar surface area (TPSA) is 41.1 Å². The molecular weight excluding hydrogens is 248 g/mol. The van der Waals surface area contributed by atoms with Crippen LogP contribution in [0, 0.1) is 5.41 Å². The Morgan fingerprint density at radius 1 is 1.35 bits per heavy atom. The second-order valence-corrected chi connectivity index (χ2v) is 6.81. The number of benzene rings is 1. The van der Waals surface area contributed by atoms with Crippen LogP contribution >= 0.6 is 0 Å². The maximum Gasteiger partial charge on any atom is 0.251 e. The number of nitrogens with one attached hydrogen (secondary N) is 2. The van der Waals surface area contributed by atoms with E-state index >= 15 is 0 Å². The van der Waals surface area contributed by atoms with Crippen LogP contribution in [0.15, 0.2) is 18.2 Å². The van der Waals surface area contributed by atoms with Crippen molar-refractivity contribution in [1.29, 1.82) is 0 Å². The van der Waals surface area contributed by atoms with Gasteiger partial charge in [-0.3, -0.25) is 4.79 Å². The van der Waals surface area contributed by atoms with Crippen molar-refractivity contribution in [2.75, 3.05) is 11.9 Å². The highest BCUT2D eigenvalue weighted by molar-refractivity contribution is 5.95. The predicted molar refractivity (Wildman–Crippen MR) is 82.1 cm³/mol. The zero-order valence-corrected chi connectivity index (χ0v) is 12.5. The summed E-state index contributed by atoms with van der Waals surface area (Å²) in [5.74, 6) is 0.0818. The summed E-state index contributed by atoms with van der Waals surface area (Å²) in [5, 5.41) is 6.62. The number of carbonyl (C=O) groups is 1. The van der Waals surface area contributed by atoms with Gasteiger partial charge in [-0.1, -0.05) is 20.3 Å². The Labute approximate surface area is 121 Å². The summed E-state index contributed by atoms with van der Waals surface area (Å²) < 4.78 is 0. The van der Waals surface area contributed by atoms with Gasteiger partial charge in [0.1, 0.15) is 0 Å². The van der Waals surface area contributed by atoms with Crippen LogP contribution in [0.25, 0.3) is 0 Å². The standard InChI is InChI=1S/C17H24N2O/c1-17(2)9-3-6-15(17)19-16(20)13-7-8-14-12(11-13)5-4-10-18-14/h7-8,11,15,18H,3-6,9-10H2,1-2H3,(H,19,20). The predicted octanol–water partition coefficient (Wildman–Crippen LogP) is 3.35. The highest BCUT2D eigenvalue weighted by Gasteiger charge is 2.35. The van der Waals surface area contributed by atoms with E-state index in [4.69, 9.17) is 0 Å². The van der Waals surface area contributed by atoms with Crippen LogP contribution in [0.3, 0.4) is 0 Å². The minimum atomic E-state index is 0.0818. The molecule has 1 atom stereocenters. The molecule has 3 nitrogen and oxygen atoms in total. The van der Waals surface area contributed by atoms with Gasteiger partial charge in [0.25, 0.3) is 5.91 Å². The van der Waals surface area contributed by atoms with Crippen LogP contribution in [0.5, 0.6) is 0 Å². The van der Waals surface area contributed by atoms with Gasteiger partial charge in [0.2, 0.25) is 0 Å². The second kappa shape index (κ2) is 5.12. The van der Waals surface area contributed by atoms with Crippen LogP contribution in [0.4, 0.5) is 5.69 Å². The third-order valence-electron chi connectivity index (χ3n) is 4.87. The molecule has 1 amide bonds. The molecule has 2 aliphatic rings. The Morgan fingerprint density at radius 2 is 2.20 bits per heavy atom. The Balaban J connectivity index is 1.74. The van der Waals surface area contributed by atoms with E-state index < -0.39 is 0 Å². The lowest BCUT2D eigenvalue weighted by atomic mass is 9.87. The van der Waals surface area contributed by atoms with E-state index in [1.54, 1.807) is 0 Å². The number of fused-ring (bicyclic) bond motifs is 1. The number of rotatable bonds is 2. The van der Waals surface area contributed by atoms with Gasteiger partial charge < -0.3 is 10.6 Å². The van der Waals surface area contributed by atoms with E-state index in [9.17, 15) is 4.79 Å². The van der Waals surface area contributed by atoms with E-state index in [1.807, 2.05) is 12.1 Å². The van der Waals surface area contributed by atoms with Gasteiger partial charge in [0, 0.05) is 23.8 Å². The van der Waals surface area contributed by atoms with Crippen LogP contribution in [-0.4, -0.2) is 18.5 Å². The Hall–Kier alpha value is -1.51. The van der Waals surface area contributed by atoms with Crippen LogP contribution in [0.2, 0.25) is 0 Å². The maximum absolute atomic E-state index is 12.4. The SMILES string of the molecule is CC1(C)CCCC1NC(=O)c1ccc2c(c1)CCCN2. The first-order chi connectivity index (χ1) is 9.56. The molecule has 2 N–H and O–H groups in total. The van der Waals surface area contributed by atoms with E-state index in [-0.39, 0.29) is 11.3 Å². The summed E-state index contributed by atoms with van der Waals surface area (Å²) >= 11 is 0. The molecular formula is C17H24N2O. The molecule has 1 aromatic rings. The normalized spacial score (nSPS) is 23.8. The molecule has 3 heteroatoms. The molecule has 0 radical (unpaired) electrons. The Morgan fingerprint density at radius 3 is 2.95 bits per heavy atom. The largest absolute Gasteiger partial charge is 0.385 e. The lowest BCUT2D eigenvalue weighted by Gasteiger charge is -2.28. The minimum absolute atomic E-state index is 0.0818. The number of amides is 1. The van der Waals surface area contributed by atoms with Crippen LogP contribution in [-0.2, 0) is 6.42 Å².